The first-order chi connectivity index (χ1) is 7.19. The maximum atomic E-state index is 11.6. The van der Waals surface area contributed by atoms with Gasteiger partial charge in [0.05, 0.1) is 6.20 Å². The fourth-order valence-corrected chi connectivity index (χ4v) is 2.09. The van der Waals surface area contributed by atoms with Gasteiger partial charge in [-0.3, -0.25) is 9.48 Å². The largest absolute Gasteiger partial charge is 0.338 e. The summed E-state index contributed by atoms with van der Waals surface area (Å²) in [5.74, 6) is 1.08. The van der Waals surface area contributed by atoms with E-state index in [1.807, 2.05) is 18.1 Å². The van der Waals surface area contributed by atoms with Crippen LogP contribution in [0.4, 0.5) is 0 Å². The van der Waals surface area contributed by atoms with E-state index in [4.69, 9.17) is 11.6 Å². The minimum absolute atomic E-state index is 0.199. The molecule has 1 aromatic heterocycles. The molecule has 82 valence electrons. The second-order valence-corrected chi connectivity index (χ2v) is 4.33. The van der Waals surface area contributed by atoms with Crippen LogP contribution in [0.2, 0.25) is 0 Å². The average Bonchev–Trinajstić information content (AvgIpc) is 2.75. The van der Waals surface area contributed by atoms with Crippen LogP contribution in [-0.4, -0.2) is 33.0 Å². The molecule has 1 aliphatic heterocycles. The van der Waals surface area contributed by atoms with Crippen LogP contribution in [0.5, 0.6) is 0 Å². The van der Waals surface area contributed by atoms with Gasteiger partial charge in [-0.05, 0) is 5.92 Å². The molecule has 4 nitrogen and oxygen atoms in total. The van der Waals surface area contributed by atoms with Gasteiger partial charge in [0.15, 0.2) is 0 Å². The van der Waals surface area contributed by atoms with Crippen molar-refractivity contribution in [2.45, 2.75) is 13.0 Å². The summed E-state index contributed by atoms with van der Waals surface area (Å²) in [7, 11) is 1.87. The molecule has 1 atom stereocenters. The first-order valence-corrected chi connectivity index (χ1v) is 5.53. The molecule has 0 aliphatic carbocycles. The number of likely N-dealkylation sites (tertiary alicyclic amines) is 1. The van der Waals surface area contributed by atoms with Crippen LogP contribution >= 0.6 is 11.6 Å². The molecule has 0 N–H and O–H groups in total. The van der Waals surface area contributed by atoms with E-state index >= 15 is 0 Å². The van der Waals surface area contributed by atoms with E-state index in [2.05, 4.69) is 5.10 Å². The Kier molecular flexibility index (Phi) is 2.95. The zero-order valence-electron chi connectivity index (χ0n) is 8.69. The number of nitrogens with zero attached hydrogens (tertiary/aromatic N) is 3. The molecule has 0 spiro atoms. The van der Waals surface area contributed by atoms with Gasteiger partial charge in [-0.25, -0.2) is 0 Å². The van der Waals surface area contributed by atoms with Gasteiger partial charge in [0, 0.05) is 44.2 Å². The van der Waals surface area contributed by atoms with E-state index in [9.17, 15) is 4.79 Å². The van der Waals surface area contributed by atoms with Crippen LogP contribution in [-0.2, 0) is 18.4 Å². The number of carbonyl (C=O) groups excluding carboxylic acids is 1. The Morgan fingerprint density at radius 3 is 3.00 bits per heavy atom. The quantitative estimate of drug-likeness (QED) is 0.723. The van der Waals surface area contributed by atoms with Crippen LogP contribution < -0.4 is 0 Å². The molecule has 5 heteroatoms. The Bertz CT molecular complexity index is 363. The zero-order chi connectivity index (χ0) is 10.8. The number of halogens is 1. The van der Waals surface area contributed by atoms with Crippen molar-refractivity contribution in [2.75, 3.05) is 12.4 Å². The lowest BCUT2D eigenvalue weighted by Crippen LogP contribution is -2.24. The third-order valence-corrected chi connectivity index (χ3v) is 3.08. The molecule has 15 heavy (non-hydrogen) atoms. The lowest BCUT2D eigenvalue weighted by atomic mass is 10.1. The van der Waals surface area contributed by atoms with Crippen molar-refractivity contribution in [3.05, 3.63) is 18.0 Å². The predicted molar refractivity (Wildman–Crippen MR) is 57.5 cm³/mol. The molecule has 1 aliphatic rings. The van der Waals surface area contributed by atoms with Crippen molar-refractivity contribution >= 4 is 17.5 Å². The average molecular weight is 228 g/mol. The van der Waals surface area contributed by atoms with Crippen LogP contribution in [0, 0.1) is 5.92 Å². The van der Waals surface area contributed by atoms with Gasteiger partial charge in [0.2, 0.25) is 5.91 Å². The Balaban J connectivity index is 1.98. The highest BCUT2D eigenvalue weighted by atomic mass is 35.5. The molecular weight excluding hydrogens is 214 g/mol. The molecule has 0 bridgehead atoms. The SMILES string of the molecule is Cn1cc(CN2CC(CCl)CC2=O)cn1. The smallest absolute Gasteiger partial charge is 0.223 e. The second-order valence-electron chi connectivity index (χ2n) is 4.02. The summed E-state index contributed by atoms with van der Waals surface area (Å²) in [5.41, 5.74) is 1.07. The Morgan fingerprint density at radius 1 is 1.67 bits per heavy atom. The molecule has 0 aromatic carbocycles. The van der Waals surface area contributed by atoms with E-state index < -0.39 is 0 Å². The number of aryl methyl sites for hydroxylation is 1. The molecule has 1 aromatic rings. The Hall–Kier alpha value is -1.03. The van der Waals surface area contributed by atoms with E-state index in [1.165, 1.54) is 0 Å². The Labute approximate surface area is 93.8 Å². The van der Waals surface area contributed by atoms with Crippen molar-refractivity contribution in [2.24, 2.45) is 13.0 Å². The van der Waals surface area contributed by atoms with Crippen molar-refractivity contribution in [1.29, 1.82) is 0 Å². The molecular formula is C10H14ClN3O. The van der Waals surface area contributed by atoms with E-state index in [0.29, 0.717) is 24.8 Å². The second kappa shape index (κ2) is 4.23. The van der Waals surface area contributed by atoms with Crippen LogP contribution in [0.1, 0.15) is 12.0 Å². The summed E-state index contributed by atoms with van der Waals surface area (Å²) < 4.78 is 1.74. The fourth-order valence-electron chi connectivity index (χ4n) is 1.88. The monoisotopic (exact) mass is 227 g/mol. The molecule has 1 saturated heterocycles. The molecule has 1 unspecified atom stereocenters. The lowest BCUT2D eigenvalue weighted by molar-refractivity contribution is -0.128. The molecule has 2 heterocycles. The number of hydrogen-bond donors (Lipinski definition) is 0. The van der Waals surface area contributed by atoms with Crippen molar-refractivity contribution in [1.82, 2.24) is 14.7 Å². The maximum Gasteiger partial charge on any atom is 0.223 e. The van der Waals surface area contributed by atoms with Crippen molar-refractivity contribution in [3.63, 3.8) is 0 Å². The van der Waals surface area contributed by atoms with Gasteiger partial charge in [0.1, 0.15) is 0 Å². The summed E-state index contributed by atoms with van der Waals surface area (Å²) in [6.07, 6.45) is 4.31. The first kappa shape index (κ1) is 10.5. The molecule has 0 radical (unpaired) electrons. The minimum Gasteiger partial charge on any atom is -0.338 e. The summed E-state index contributed by atoms with van der Waals surface area (Å²) in [5, 5.41) is 4.08. The highest BCUT2D eigenvalue weighted by Crippen LogP contribution is 2.20. The highest BCUT2D eigenvalue weighted by Gasteiger charge is 2.28. The number of alkyl halides is 1. The summed E-state index contributed by atoms with van der Waals surface area (Å²) in [4.78, 5) is 13.4. The zero-order valence-corrected chi connectivity index (χ0v) is 9.44. The third kappa shape index (κ3) is 2.31. The summed E-state index contributed by atoms with van der Waals surface area (Å²) in [6.45, 7) is 1.43. The standard InChI is InChI=1S/C10H14ClN3O/c1-13-5-9(4-12-13)7-14-6-8(3-11)2-10(14)15/h4-5,8H,2-3,6-7H2,1H3. The third-order valence-electron chi connectivity index (χ3n) is 2.64. The topological polar surface area (TPSA) is 38.1 Å². The maximum absolute atomic E-state index is 11.6. The van der Waals surface area contributed by atoms with E-state index in [-0.39, 0.29) is 5.91 Å². The van der Waals surface area contributed by atoms with Crippen molar-refractivity contribution < 1.29 is 4.79 Å². The fraction of sp³-hybridized carbons (Fsp3) is 0.600. The summed E-state index contributed by atoms with van der Waals surface area (Å²) in [6, 6.07) is 0. The number of amides is 1. The van der Waals surface area contributed by atoms with Gasteiger partial charge in [0.25, 0.3) is 0 Å². The lowest BCUT2D eigenvalue weighted by Gasteiger charge is -2.14. The van der Waals surface area contributed by atoms with Crippen LogP contribution in [0.15, 0.2) is 12.4 Å². The molecule has 0 saturated carbocycles. The first-order valence-electron chi connectivity index (χ1n) is 5.00. The van der Waals surface area contributed by atoms with Crippen LogP contribution in [0.3, 0.4) is 0 Å². The normalized spacial score (nSPS) is 21.3. The van der Waals surface area contributed by atoms with E-state index in [0.717, 1.165) is 12.1 Å². The van der Waals surface area contributed by atoms with Crippen LogP contribution in [0.25, 0.3) is 0 Å². The van der Waals surface area contributed by atoms with Crippen molar-refractivity contribution in [3.8, 4) is 0 Å². The van der Waals surface area contributed by atoms with Gasteiger partial charge in [-0.1, -0.05) is 0 Å². The molecule has 1 amide bonds. The highest BCUT2D eigenvalue weighted by molar-refractivity contribution is 6.18. The molecule has 2 rings (SSSR count). The Morgan fingerprint density at radius 2 is 2.47 bits per heavy atom. The van der Waals surface area contributed by atoms with Gasteiger partial charge in [-0.15, -0.1) is 11.6 Å². The van der Waals surface area contributed by atoms with Gasteiger partial charge in [-0.2, -0.15) is 5.10 Å². The van der Waals surface area contributed by atoms with Gasteiger partial charge < -0.3 is 4.90 Å². The van der Waals surface area contributed by atoms with E-state index in [1.54, 1.807) is 10.9 Å². The number of hydrogen-bond acceptors (Lipinski definition) is 2. The van der Waals surface area contributed by atoms with Gasteiger partial charge >= 0.3 is 0 Å². The summed E-state index contributed by atoms with van der Waals surface area (Å²) >= 11 is 5.75. The number of carbonyl (C=O) groups is 1. The number of rotatable bonds is 3. The minimum atomic E-state index is 0.199. The predicted octanol–water partition coefficient (Wildman–Crippen LogP) is 1.01. The number of aromatic nitrogens is 2. The molecule has 1 fully saturated rings.